The van der Waals surface area contributed by atoms with Crippen molar-refractivity contribution in [2.75, 3.05) is 19.6 Å². The Hall–Kier alpha value is -1.33. The lowest BCUT2D eigenvalue weighted by atomic mass is 10.0. The molecule has 20 heavy (non-hydrogen) atoms. The summed E-state index contributed by atoms with van der Waals surface area (Å²) in [7, 11) is 0. The van der Waals surface area contributed by atoms with Gasteiger partial charge in [-0.05, 0) is 32.9 Å². The van der Waals surface area contributed by atoms with Crippen molar-refractivity contribution in [3.63, 3.8) is 0 Å². The van der Waals surface area contributed by atoms with E-state index < -0.39 is 23.0 Å². The molecule has 0 N–H and O–H groups in total. The molecule has 0 radical (unpaired) electrons. The quantitative estimate of drug-likeness (QED) is 0.799. The summed E-state index contributed by atoms with van der Waals surface area (Å²) in [5.41, 5.74) is -0.824. The number of benzene rings is 1. The smallest absolute Gasteiger partial charge is 0.182 e. The van der Waals surface area contributed by atoms with Gasteiger partial charge in [0, 0.05) is 13.1 Å². The van der Waals surface area contributed by atoms with Crippen LogP contribution in [0, 0.1) is 11.6 Å². The molecule has 0 bridgehead atoms. The summed E-state index contributed by atoms with van der Waals surface area (Å²) >= 11 is 0. The number of halogens is 2. The molecule has 1 atom stereocenters. The predicted molar refractivity (Wildman–Crippen MR) is 71.8 cm³/mol. The highest BCUT2D eigenvalue weighted by Crippen LogP contribution is 2.21. The highest BCUT2D eigenvalue weighted by atomic mass is 19.1. The number of morpholine rings is 1. The number of hydrogen-bond donors (Lipinski definition) is 0. The van der Waals surface area contributed by atoms with E-state index in [1.165, 1.54) is 6.07 Å². The van der Waals surface area contributed by atoms with Gasteiger partial charge in [0.2, 0.25) is 0 Å². The summed E-state index contributed by atoms with van der Waals surface area (Å²) in [6.07, 6.45) is -0.0167. The standard InChI is InChI=1S/C15H19F2NO2/c1-10-7-18(9-15(2,3)20-10)8-13(19)14-11(16)5-4-6-12(14)17/h4-6,10H,7-9H2,1-3H3. The summed E-state index contributed by atoms with van der Waals surface area (Å²) in [6.45, 7) is 6.91. The second-order valence-corrected chi connectivity index (χ2v) is 5.88. The Bertz CT molecular complexity index is 496. The van der Waals surface area contributed by atoms with Crippen molar-refractivity contribution in [1.82, 2.24) is 4.90 Å². The van der Waals surface area contributed by atoms with Crippen molar-refractivity contribution in [3.8, 4) is 0 Å². The first-order chi connectivity index (χ1) is 9.28. The summed E-state index contributed by atoms with van der Waals surface area (Å²) < 4.78 is 32.9. The lowest BCUT2D eigenvalue weighted by Crippen LogP contribution is -2.53. The fraction of sp³-hybridized carbons (Fsp3) is 0.533. The molecule has 1 unspecified atom stereocenters. The average Bonchev–Trinajstić information content (AvgIpc) is 2.25. The van der Waals surface area contributed by atoms with Crippen molar-refractivity contribution < 1.29 is 18.3 Å². The lowest BCUT2D eigenvalue weighted by molar-refractivity contribution is -0.126. The van der Waals surface area contributed by atoms with Gasteiger partial charge in [-0.1, -0.05) is 6.07 Å². The molecule has 0 spiro atoms. The Morgan fingerprint density at radius 2 is 2.00 bits per heavy atom. The molecule has 5 heteroatoms. The maximum Gasteiger partial charge on any atom is 0.182 e. The van der Waals surface area contributed by atoms with E-state index >= 15 is 0 Å². The lowest BCUT2D eigenvalue weighted by Gasteiger charge is -2.41. The molecule has 0 saturated carbocycles. The first-order valence-corrected chi connectivity index (χ1v) is 6.66. The third-order valence-electron chi connectivity index (χ3n) is 3.25. The largest absolute Gasteiger partial charge is 0.370 e. The minimum atomic E-state index is -0.810. The fourth-order valence-electron chi connectivity index (χ4n) is 2.75. The minimum Gasteiger partial charge on any atom is -0.370 e. The maximum atomic E-state index is 13.6. The number of carbonyl (C=O) groups is 1. The van der Waals surface area contributed by atoms with Crippen LogP contribution in [0.5, 0.6) is 0 Å². The fourth-order valence-corrected chi connectivity index (χ4v) is 2.75. The summed E-state index contributed by atoms with van der Waals surface area (Å²) in [4.78, 5) is 14.0. The number of nitrogens with zero attached hydrogens (tertiary/aromatic N) is 1. The highest BCUT2D eigenvalue weighted by Gasteiger charge is 2.32. The second kappa shape index (κ2) is 5.58. The van der Waals surface area contributed by atoms with E-state index in [0.29, 0.717) is 13.1 Å². The van der Waals surface area contributed by atoms with Gasteiger partial charge in [-0.2, -0.15) is 0 Å². The van der Waals surface area contributed by atoms with E-state index in [1.807, 2.05) is 25.7 Å². The van der Waals surface area contributed by atoms with Gasteiger partial charge < -0.3 is 4.74 Å². The summed E-state index contributed by atoms with van der Waals surface area (Å²) in [6, 6.07) is 3.45. The average molecular weight is 283 g/mol. The van der Waals surface area contributed by atoms with E-state index in [9.17, 15) is 13.6 Å². The van der Waals surface area contributed by atoms with E-state index in [-0.39, 0.29) is 18.2 Å². The topological polar surface area (TPSA) is 29.5 Å². The van der Waals surface area contributed by atoms with Crippen molar-refractivity contribution in [1.29, 1.82) is 0 Å². The van der Waals surface area contributed by atoms with Crippen LogP contribution in [0.25, 0.3) is 0 Å². The van der Waals surface area contributed by atoms with Crippen LogP contribution in [0.3, 0.4) is 0 Å². The van der Waals surface area contributed by atoms with Gasteiger partial charge in [0.1, 0.15) is 11.6 Å². The van der Waals surface area contributed by atoms with E-state index in [0.717, 1.165) is 12.1 Å². The van der Waals surface area contributed by atoms with Gasteiger partial charge in [0.25, 0.3) is 0 Å². The minimum absolute atomic E-state index is 0.00498. The molecule has 3 nitrogen and oxygen atoms in total. The molecule has 1 aromatic rings. The van der Waals surface area contributed by atoms with Gasteiger partial charge in [-0.3, -0.25) is 9.69 Å². The Labute approximate surface area is 117 Å². The van der Waals surface area contributed by atoms with Crippen LogP contribution in [-0.2, 0) is 4.74 Å². The molecule has 110 valence electrons. The SMILES string of the molecule is CC1CN(CC(=O)c2c(F)cccc2F)CC(C)(C)O1. The molecule has 0 amide bonds. The number of carbonyl (C=O) groups excluding carboxylic acids is 1. The monoisotopic (exact) mass is 283 g/mol. The third-order valence-corrected chi connectivity index (χ3v) is 3.25. The third kappa shape index (κ3) is 3.41. The van der Waals surface area contributed by atoms with Crippen LogP contribution < -0.4 is 0 Å². The molecule has 1 heterocycles. The Balaban J connectivity index is 2.12. The first-order valence-electron chi connectivity index (χ1n) is 6.66. The van der Waals surface area contributed by atoms with Gasteiger partial charge in [0.05, 0.1) is 23.8 Å². The molecule has 1 fully saturated rings. The maximum absolute atomic E-state index is 13.6. The van der Waals surface area contributed by atoms with E-state index in [2.05, 4.69) is 0 Å². The number of Topliss-reactive ketones (excluding diaryl/α,β-unsaturated/α-hetero) is 1. The Kier molecular flexibility index (Phi) is 4.20. The molecule has 1 saturated heterocycles. The van der Waals surface area contributed by atoms with Crippen LogP contribution in [0.4, 0.5) is 8.78 Å². The van der Waals surface area contributed by atoms with Crippen LogP contribution in [0.15, 0.2) is 18.2 Å². The molecular formula is C15H19F2NO2. The van der Waals surface area contributed by atoms with Crippen LogP contribution in [0.2, 0.25) is 0 Å². The molecule has 1 aliphatic rings. The van der Waals surface area contributed by atoms with Gasteiger partial charge in [-0.25, -0.2) is 8.78 Å². The van der Waals surface area contributed by atoms with Gasteiger partial charge >= 0.3 is 0 Å². The zero-order valence-electron chi connectivity index (χ0n) is 12.0. The van der Waals surface area contributed by atoms with Crippen LogP contribution >= 0.6 is 0 Å². The van der Waals surface area contributed by atoms with Crippen LogP contribution in [0.1, 0.15) is 31.1 Å². The summed E-state index contributed by atoms with van der Waals surface area (Å²) in [5, 5.41) is 0. The number of hydrogen-bond acceptors (Lipinski definition) is 3. The predicted octanol–water partition coefficient (Wildman–Crippen LogP) is 2.65. The van der Waals surface area contributed by atoms with Crippen molar-refractivity contribution in [2.24, 2.45) is 0 Å². The van der Waals surface area contributed by atoms with E-state index in [1.54, 1.807) is 0 Å². The second-order valence-electron chi connectivity index (χ2n) is 5.88. The highest BCUT2D eigenvalue weighted by molar-refractivity contribution is 5.98. The molecule has 1 aliphatic heterocycles. The number of ether oxygens (including phenoxy) is 1. The Morgan fingerprint density at radius 3 is 2.55 bits per heavy atom. The summed E-state index contributed by atoms with van der Waals surface area (Å²) in [5.74, 6) is -2.16. The van der Waals surface area contributed by atoms with Gasteiger partial charge in [-0.15, -0.1) is 0 Å². The molecule has 1 aromatic carbocycles. The van der Waals surface area contributed by atoms with Crippen molar-refractivity contribution >= 4 is 5.78 Å². The zero-order chi connectivity index (χ0) is 14.9. The number of rotatable bonds is 3. The molecule has 2 rings (SSSR count). The van der Waals surface area contributed by atoms with Crippen molar-refractivity contribution in [3.05, 3.63) is 35.4 Å². The van der Waals surface area contributed by atoms with E-state index in [4.69, 9.17) is 4.74 Å². The van der Waals surface area contributed by atoms with Crippen molar-refractivity contribution in [2.45, 2.75) is 32.5 Å². The first kappa shape index (κ1) is 15.1. The Morgan fingerprint density at radius 1 is 1.40 bits per heavy atom. The molecule has 0 aliphatic carbocycles. The molecular weight excluding hydrogens is 264 g/mol. The zero-order valence-corrected chi connectivity index (χ0v) is 12.0. The van der Waals surface area contributed by atoms with Crippen LogP contribution in [-0.4, -0.2) is 42.0 Å². The normalized spacial score (nSPS) is 22.8. The molecule has 0 aromatic heterocycles. The number of ketones is 1. The van der Waals surface area contributed by atoms with Gasteiger partial charge in [0.15, 0.2) is 5.78 Å².